The van der Waals surface area contributed by atoms with Gasteiger partial charge in [-0.1, -0.05) is 30.3 Å². The van der Waals surface area contributed by atoms with Crippen LogP contribution in [0.25, 0.3) is 6.08 Å². The first-order chi connectivity index (χ1) is 12.1. The van der Waals surface area contributed by atoms with Crippen molar-refractivity contribution in [2.45, 2.75) is 13.8 Å². The molecule has 0 unspecified atom stereocenters. The Kier molecular flexibility index (Phi) is 4.84. The number of anilines is 2. The van der Waals surface area contributed by atoms with Crippen molar-refractivity contribution in [2.75, 3.05) is 23.0 Å². The van der Waals surface area contributed by atoms with Crippen molar-refractivity contribution < 1.29 is 9.59 Å². The SMILES string of the molecule is CCN(CC)c1ccc(/C=C2/C(=O)NN(c3ccccc3)C2=O)cc1. The zero-order valence-electron chi connectivity index (χ0n) is 14.4. The van der Waals surface area contributed by atoms with Crippen LogP contribution in [0.4, 0.5) is 11.4 Å². The van der Waals surface area contributed by atoms with Gasteiger partial charge in [-0.25, -0.2) is 5.01 Å². The Morgan fingerprint density at radius 1 is 0.960 bits per heavy atom. The summed E-state index contributed by atoms with van der Waals surface area (Å²) < 4.78 is 0. The molecule has 1 fully saturated rings. The molecule has 2 amide bonds. The monoisotopic (exact) mass is 335 g/mol. The summed E-state index contributed by atoms with van der Waals surface area (Å²) in [5.41, 5.74) is 5.33. The van der Waals surface area contributed by atoms with Gasteiger partial charge in [-0.3, -0.25) is 15.0 Å². The quantitative estimate of drug-likeness (QED) is 0.675. The van der Waals surface area contributed by atoms with Crippen LogP contribution < -0.4 is 15.3 Å². The van der Waals surface area contributed by atoms with Crippen molar-refractivity contribution in [2.24, 2.45) is 0 Å². The molecular formula is C20H21N3O2. The molecule has 1 aliphatic rings. The van der Waals surface area contributed by atoms with E-state index in [1.165, 1.54) is 5.01 Å². The summed E-state index contributed by atoms with van der Waals surface area (Å²) in [5.74, 6) is -0.731. The zero-order chi connectivity index (χ0) is 17.8. The van der Waals surface area contributed by atoms with E-state index in [1.807, 2.05) is 42.5 Å². The van der Waals surface area contributed by atoms with Crippen LogP contribution in [0.5, 0.6) is 0 Å². The molecule has 2 aromatic rings. The van der Waals surface area contributed by atoms with Crippen molar-refractivity contribution in [1.82, 2.24) is 5.43 Å². The molecule has 0 bridgehead atoms. The average molecular weight is 335 g/mol. The van der Waals surface area contributed by atoms with Gasteiger partial charge in [-0.05, 0) is 49.8 Å². The van der Waals surface area contributed by atoms with Gasteiger partial charge in [0.05, 0.1) is 5.69 Å². The van der Waals surface area contributed by atoms with E-state index in [-0.39, 0.29) is 17.4 Å². The normalized spacial score (nSPS) is 15.6. The molecule has 0 spiro atoms. The second kappa shape index (κ2) is 7.21. The Labute approximate surface area is 147 Å². The molecule has 5 heteroatoms. The second-order valence-electron chi connectivity index (χ2n) is 5.74. The number of nitrogens with zero attached hydrogens (tertiary/aromatic N) is 2. The Balaban J connectivity index is 1.84. The number of nitrogens with one attached hydrogen (secondary N) is 1. The fourth-order valence-electron chi connectivity index (χ4n) is 2.85. The highest BCUT2D eigenvalue weighted by Gasteiger charge is 2.34. The zero-order valence-corrected chi connectivity index (χ0v) is 14.4. The first-order valence-corrected chi connectivity index (χ1v) is 8.41. The predicted octanol–water partition coefficient (Wildman–Crippen LogP) is 2.99. The van der Waals surface area contributed by atoms with Gasteiger partial charge in [0.2, 0.25) is 0 Å². The van der Waals surface area contributed by atoms with Crippen LogP contribution in [-0.4, -0.2) is 24.9 Å². The predicted molar refractivity (Wildman–Crippen MR) is 100 cm³/mol. The molecule has 1 aliphatic heterocycles. The van der Waals surface area contributed by atoms with Gasteiger partial charge < -0.3 is 4.90 Å². The van der Waals surface area contributed by atoms with Crippen LogP contribution in [-0.2, 0) is 9.59 Å². The van der Waals surface area contributed by atoms with Crippen molar-refractivity contribution >= 4 is 29.3 Å². The Bertz CT molecular complexity index is 793. The number of para-hydroxylation sites is 1. The summed E-state index contributed by atoms with van der Waals surface area (Å²) >= 11 is 0. The van der Waals surface area contributed by atoms with Crippen molar-refractivity contribution in [1.29, 1.82) is 0 Å². The van der Waals surface area contributed by atoms with E-state index < -0.39 is 0 Å². The fraction of sp³-hybridized carbons (Fsp3) is 0.200. The standard InChI is InChI=1S/C20H21N3O2/c1-3-22(4-2)16-12-10-15(11-13-16)14-18-19(24)21-23(20(18)25)17-8-6-5-7-9-17/h5-14H,3-4H2,1-2H3,(H,21,24)/b18-14-. The number of rotatable bonds is 5. The number of hydrazine groups is 1. The third kappa shape index (κ3) is 3.40. The summed E-state index contributed by atoms with van der Waals surface area (Å²) in [5, 5.41) is 1.28. The first kappa shape index (κ1) is 16.8. The highest BCUT2D eigenvalue weighted by atomic mass is 16.2. The largest absolute Gasteiger partial charge is 0.372 e. The van der Waals surface area contributed by atoms with Crippen LogP contribution in [0.1, 0.15) is 19.4 Å². The van der Waals surface area contributed by atoms with Gasteiger partial charge in [0.25, 0.3) is 11.8 Å². The van der Waals surface area contributed by atoms with Crippen LogP contribution in [0, 0.1) is 0 Å². The minimum atomic E-state index is -0.387. The molecule has 0 atom stereocenters. The molecule has 25 heavy (non-hydrogen) atoms. The maximum Gasteiger partial charge on any atom is 0.282 e. The third-order valence-electron chi connectivity index (χ3n) is 4.24. The van der Waals surface area contributed by atoms with Crippen LogP contribution in [0.15, 0.2) is 60.2 Å². The van der Waals surface area contributed by atoms with E-state index >= 15 is 0 Å². The molecule has 0 aliphatic carbocycles. The first-order valence-electron chi connectivity index (χ1n) is 8.41. The molecule has 3 rings (SSSR count). The molecular weight excluding hydrogens is 314 g/mol. The fourth-order valence-corrected chi connectivity index (χ4v) is 2.85. The molecule has 128 valence electrons. The van der Waals surface area contributed by atoms with E-state index in [0.717, 1.165) is 24.3 Å². The molecule has 1 N–H and O–H groups in total. The summed E-state index contributed by atoms with van der Waals surface area (Å²) in [4.78, 5) is 27.0. The average Bonchev–Trinajstić information content (AvgIpc) is 2.93. The molecule has 2 aromatic carbocycles. The number of hydrogen-bond acceptors (Lipinski definition) is 3. The number of benzene rings is 2. The maximum absolute atomic E-state index is 12.6. The molecule has 5 nitrogen and oxygen atoms in total. The van der Waals surface area contributed by atoms with Crippen LogP contribution in [0.2, 0.25) is 0 Å². The number of amides is 2. The van der Waals surface area contributed by atoms with E-state index in [9.17, 15) is 9.59 Å². The Hall–Kier alpha value is -3.08. The van der Waals surface area contributed by atoms with Gasteiger partial charge in [-0.2, -0.15) is 0 Å². The van der Waals surface area contributed by atoms with Crippen molar-refractivity contribution in [3.05, 3.63) is 65.7 Å². The summed E-state index contributed by atoms with van der Waals surface area (Å²) in [7, 11) is 0. The van der Waals surface area contributed by atoms with Gasteiger partial charge in [0, 0.05) is 18.8 Å². The summed E-state index contributed by atoms with van der Waals surface area (Å²) in [6, 6.07) is 16.9. The Morgan fingerprint density at radius 2 is 1.60 bits per heavy atom. The van der Waals surface area contributed by atoms with Gasteiger partial charge in [-0.15, -0.1) is 0 Å². The molecule has 1 heterocycles. The summed E-state index contributed by atoms with van der Waals surface area (Å²) in [6.07, 6.45) is 1.63. The van der Waals surface area contributed by atoms with Gasteiger partial charge in [0.1, 0.15) is 5.57 Å². The van der Waals surface area contributed by atoms with Crippen molar-refractivity contribution in [3.8, 4) is 0 Å². The lowest BCUT2D eigenvalue weighted by atomic mass is 10.1. The van der Waals surface area contributed by atoms with E-state index in [2.05, 4.69) is 24.2 Å². The highest BCUT2D eigenvalue weighted by Crippen LogP contribution is 2.22. The van der Waals surface area contributed by atoms with Gasteiger partial charge in [0.15, 0.2) is 0 Å². The maximum atomic E-state index is 12.6. The lowest BCUT2D eigenvalue weighted by molar-refractivity contribution is -0.117. The lowest BCUT2D eigenvalue weighted by Crippen LogP contribution is -2.35. The van der Waals surface area contributed by atoms with E-state index in [0.29, 0.717) is 5.69 Å². The molecule has 0 aromatic heterocycles. The number of carbonyl (C=O) groups is 2. The third-order valence-corrected chi connectivity index (χ3v) is 4.24. The van der Waals surface area contributed by atoms with E-state index in [1.54, 1.807) is 18.2 Å². The number of carbonyl (C=O) groups excluding carboxylic acids is 2. The molecule has 1 saturated heterocycles. The summed E-state index contributed by atoms with van der Waals surface area (Å²) in [6.45, 7) is 6.09. The minimum absolute atomic E-state index is 0.138. The minimum Gasteiger partial charge on any atom is -0.372 e. The highest BCUT2D eigenvalue weighted by molar-refractivity contribution is 6.31. The van der Waals surface area contributed by atoms with Crippen LogP contribution >= 0.6 is 0 Å². The molecule has 0 saturated carbocycles. The van der Waals surface area contributed by atoms with E-state index in [4.69, 9.17) is 0 Å². The lowest BCUT2D eigenvalue weighted by Gasteiger charge is -2.20. The smallest absolute Gasteiger partial charge is 0.282 e. The topological polar surface area (TPSA) is 52.7 Å². The second-order valence-corrected chi connectivity index (χ2v) is 5.74. The number of hydrogen-bond donors (Lipinski definition) is 1. The van der Waals surface area contributed by atoms with Crippen LogP contribution in [0.3, 0.4) is 0 Å². The van der Waals surface area contributed by atoms with Gasteiger partial charge >= 0.3 is 0 Å². The molecule has 0 radical (unpaired) electrons. The Morgan fingerprint density at radius 3 is 2.20 bits per heavy atom. The van der Waals surface area contributed by atoms with Crippen molar-refractivity contribution in [3.63, 3.8) is 0 Å².